The normalized spacial score (nSPS) is 13.0. The summed E-state index contributed by atoms with van der Waals surface area (Å²) >= 11 is 5.07. The molecule has 0 saturated heterocycles. The lowest BCUT2D eigenvalue weighted by Gasteiger charge is -2.05. The summed E-state index contributed by atoms with van der Waals surface area (Å²) in [6, 6.07) is 0. The molecule has 2 heteroatoms. The molecule has 15 heavy (non-hydrogen) atoms. The fourth-order valence-electron chi connectivity index (χ4n) is 1.75. The molecule has 0 unspecified atom stereocenters. The number of hydrogen-bond donors (Lipinski definition) is 0. The Morgan fingerprint density at radius 1 is 0.800 bits per heavy atom. The van der Waals surface area contributed by atoms with Crippen molar-refractivity contribution < 1.29 is 0 Å². The van der Waals surface area contributed by atoms with Crippen LogP contribution in [0.15, 0.2) is 0 Å². The second-order valence-electron chi connectivity index (χ2n) is 4.37. The van der Waals surface area contributed by atoms with Gasteiger partial charge in [0.1, 0.15) is 0 Å². The van der Waals surface area contributed by atoms with Gasteiger partial charge in [0.25, 0.3) is 0 Å². The van der Waals surface area contributed by atoms with Crippen LogP contribution in [0.25, 0.3) is 0 Å². The maximum Gasteiger partial charge on any atom is 0.0199 e. The minimum atomic E-state index is 0.910. The lowest BCUT2D eigenvalue weighted by atomic mass is 10.1. The number of halogens is 2. The van der Waals surface area contributed by atoms with Crippen LogP contribution in [0.1, 0.15) is 71.1 Å². The molecule has 0 aromatic heterocycles. The minimum Gasteiger partial charge on any atom is -0.0852 e. The first-order valence-corrected chi connectivity index (χ1v) is 9.28. The summed E-state index contributed by atoms with van der Waals surface area (Å²) in [6.45, 7) is 2.29. The molecule has 0 N–H and O–H groups in total. The van der Waals surface area contributed by atoms with Gasteiger partial charge in [-0.3, -0.25) is 0 Å². The number of alkyl halides is 2. The largest absolute Gasteiger partial charge is 0.0852 e. The Bertz CT molecular complexity index is 115. The molecule has 0 spiro atoms. The molecule has 0 aromatic carbocycles. The molecule has 0 radical (unpaired) electrons. The standard InChI is InChI=1S/C13H26I2/c1-2-3-4-5-6-7-8-9-10-11-13(15)12-14/h13H,2-12H2,1H3/t13-/m0/s1. The third-order valence-electron chi connectivity index (χ3n) is 2.79. The van der Waals surface area contributed by atoms with Gasteiger partial charge >= 0.3 is 0 Å². The van der Waals surface area contributed by atoms with Gasteiger partial charge in [-0.2, -0.15) is 0 Å². The predicted molar refractivity (Wildman–Crippen MR) is 88.5 cm³/mol. The van der Waals surface area contributed by atoms with Gasteiger partial charge in [0.05, 0.1) is 0 Å². The van der Waals surface area contributed by atoms with E-state index in [-0.39, 0.29) is 0 Å². The van der Waals surface area contributed by atoms with Crippen LogP contribution in [-0.4, -0.2) is 8.35 Å². The van der Waals surface area contributed by atoms with Crippen molar-refractivity contribution in [1.29, 1.82) is 0 Å². The topological polar surface area (TPSA) is 0 Å². The van der Waals surface area contributed by atoms with Crippen LogP contribution in [0.2, 0.25) is 0 Å². The van der Waals surface area contributed by atoms with Crippen molar-refractivity contribution in [3.63, 3.8) is 0 Å². The highest BCUT2D eigenvalue weighted by atomic mass is 127. The highest BCUT2D eigenvalue weighted by molar-refractivity contribution is 14.1. The van der Waals surface area contributed by atoms with Crippen LogP contribution >= 0.6 is 45.2 Å². The maximum atomic E-state index is 2.58. The monoisotopic (exact) mass is 436 g/mol. The Hall–Kier alpha value is 1.46. The van der Waals surface area contributed by atoms with E-state index in [1.54, 1.807) is 0 Å². The third kappa shape index (κ3) is 13.4. The molecule has 0 rings (SSSR count). The van der Waals surface area contributed by atoms with E-state index in [4.69, 9.17) is 0 Å². The van der Waals surface area contributed by atoms with E-state index in [0.717, 1.165) is 3.92 Å². The summed E-state index contributed by atoms with van der Waals surface area (Å²) in [5.41, 5.74) is 0. The Kier molecular flexibility index (Phi) is 14.8. The molecule has 0 aliphatic carbocycles. The fraction of sp³-hybridized carbons (Fsp3) is 1.00. The molecule has 1 atom stereocenters. The SMILES string of the molecule is CCCCCCCCCCC[C@H](I)CI. The summed E-state index contributed by atoms with van der Waals surface area (Å²) in [4.78, 5) is 0. The first-order chi connectivity index (χ1) is 7.31. The van der Waals surface area contributed by atoms with Crippen LogP contribution < -0.4 is 0 Å². The zero-order chi connectivity index (χ0) is 11.4. The zero-order valence-corrected chi connectivity index (χ0v) is 14.4. The van der Waals surface area contributed by atoms with Crippen molar-refractivity contribution in [2.45, 2.75) is 75.1 Å². The van der Waals surface area contributed by atoms with Crippen LogP contribution in [0, 0.1) is 0 Å². The van der Waals surface area contributed by atoms with E-state index >= 15 is 0 Å². The van der Waals surface area contributed by atoms with E-state index in [1.165, 1.54) is 68.6 Å². The quantitative estimate of drug-likeness (QED) is 0.207. The maximum absolute atomic E-state index is 2.58. The molecule has 0 aliphatic rings. The molecule has 0 aromatic rings. The Labute approximate surface area is 124 Å². The molecule has 0 heterocycles. The summed E-state index contributed by atoms with van der Waals surface area (Å²) in [6.07, 6.45) is 14.5. The molecular weight excluding hydrogens is 410 g/mol. The summed E-state index contributed by atoms with van der Waals surface area (Å²) in [7, 11) is 0. The van der Waals surface area contributed by atoms with Gasteiger partial charge in [-0.25, -0.2) is 0 Å². The Morgan fingerprint density at radius 3 is 1.73 bits per heavy atom. The van der Waals surface area contributed by atoms with Gasteiger partial charge in [-0.15, -0.1) is 0 Å². The van der Waals surface area contributed by atoms with Crippen LogP contribution in [0.5, 0.6) is 0 Å². The average molecular weight is 436 g/mol. The van der Waals surface area contributed by atoms with Crippen molar-refractivity contribution in [3.8, 4) is 0 Å². The van der Waals surface area contributed by atoms with Gasteiger partial charge in [0, 0.05) is 8.35 Å². The third-order valence-corrected chi connectivity index (χ3v) is 6.60. The number of hydrogen-bond acceptors (Lipinski definition) is 0. The van der Waals surface area contributed by atoms with Gasteiger partial charge in [0.15, 0.2) is 0 Å². The van der Waals surface area contributed by atoms with Crippen molar-refractivity contribution in [1.82, 2.24) is 0 Å². The van der Waals surface area contributed by atoms with Crippen molar-refractivity contribution in [2.24, 2.45) is 0 Å². The molecular formula is C13H26I2. The molecule has 92 valence electrons. The van der Waals surface area contributed by atoms with Gasteiger partial charge in [-0.1, -0.05) is 110 Å². The van der Waals surface area contributed by atoms with Gasteiger partial charge < -0.3 is 0 Å². The van der Waals surface area contributed by atoms with Gasteiger partial charge in [-0.05, 0) is 6.42 Å². The fourth-order valence-corrected chi connectivity index (χ4v) is 2.63. The first-order valence-electron chi connectivity index (χ1n) is 6.51. The lowest BCUT2D eigenvalue weighted by Crippen LogP contribution is -1.97. The lowest BCUT2D eigenvalue weighted by molar-refractivity contribution is 0.558. The van der Waals surface area contributed by atoms with E-state index in [9.17, 15) is 0 Å². The minimum absolute atomic E-state index is 0.910. The predicted octanol–water partition coefficient (Wildman–Crippen LogP) is 6.15. The van der Waals surface area contributed by atoms with E-state index < -0.39 is 0 Å². The Morgan fingerprint density at radius 2 is 1.27 bits per heavy atom. The van der Waals surface area contributed by atoms with Crippen molar-refractivity contribution in [2.75, 3.05) is 4.43 Å². The van der Waals surface area contributed by atoms with E-state index in [2.05, 4.69) is 52.1 Å². The first kappa shape index (κ1) is 16.5. The van der Waals surface area contributed by atoms with Crippen molar-refractivity contribution >= 4 is 45.2 Å². The molecule has 0 aliphatic heterocycles. The number of rotatable bonds is 11. The highest BCUT2D eigenvalue weighted by Crippen LogP contribution is 2.15. The summed E-state index contributed by atoms with van der Waals surface area (Å²) < 4.78 is 2.22. The second-order valence-corrected chi connectivity index (χ2v) is 7.01. The number of unbranched alkanes of at least 4 members (excludes halogenated alkanes) is 8. The Balaban J connectivity index is 2.92. The smallest absolute Gasteiger partial charge is 0.0199 e. The second kappa shape index (κ2) is 13.5. The van der Waals surface area contributed by atoms with Crippen molar-refractivity contribution in [3.05, 3.63) is 0 Å². The molecule has 0 saturated carbocycles. The molecule has 0 nitrogen and oxygen atoms in total. The van der Waals surface area contributed by atoms with Crippen LogP contribution in [0.4, 0.5) is 0 Å². The highest BCUT2D eigenvalue weighted by Gasteiger charge is 2.00. The molecule has 0 amide bonds. The average Bonchev–Trinajstić information content (AvgIpc) is 2.26. The van der Waals surface area contributed by atoms with E-state index in [1.807, 2.05) is 0 Å². The zero-order valence-electron chi connectivity index (χ0n) is 10.1. The van der Waals surface area contributed by atoms with Gasteiger partial charge in [0.2, 0.25) is 0 Å². The molecule has 0 fully saturated rings. The molecule has 0 bridgehead atoms. The summed E-state index contributed by atoms with van der Waals surface area (Å²) in [5.74, 6) is 0. The van der Waals surface area contributed by atoms with Crippen LogP contribution in [0.3, 0.4) is 0 Å². The van der Waals surface area contributed by atoms with E-state index in [0.29, 0.717) is 0 Å². The summed E-state index contributed by atoms with van der Waals surface area (Å²) in [5, 5.41) is 0. The van der Waals surface area contributed by atoms with Crippen LogP contribution in [-0.2, 0) is 0 Å².